The lowest BCUT2D eigenvalue weighted by atomic mass is 10.1. The average molecular weight is 271 g/mol. The van der Waals surface area contributed by atoms with Gasteiger partial charge in [0, 0.05) is 18.6 Å². The Kier molecular flexibility index (Phi) is 3.42. The molecule has 3 heterocycles. The monoisotopic (exact) mass is 271 g/mol. The van der Waals surface area contributed by atoms with Gasteiger partial charge in [-0.3, -0.25) is 4.40 Å². The molecule has 0 radical (unpaired) electrons. The third-order valence-electron chi connectivity index (χ3n) is 3.15. The van der Waals surface area contributed by atoms with Gasteiger partial charge in [0.15, 0.2) is 0 Å². The summed E-state index contributed by atoms with van der Waals surface area (Å²) < 4.78 is 3.64. The normalized spacial score (nSPS) is 12.9. The Labute approximate surface area is 116 Å². The Morgan fingerprint density at radius 2 is 2.25 bits per heavy atom. The highest BCUT2D eigenvalue weighted by Crippen LogP contribution is 2.12. The van der Waals surface area contributed by atoms with Gasteiger partial charge in [-0.05, 0) is 12.5 Å². The van der Waals surface area contributed by atoms with Crippen LogP contribution in [0.1, 0.15) is 37.2 Å². The molecule has 7 nitrogen and oxygen atoms in total. The van der Waals surface area contributed by atoms with E-state index in [0.29, 0.717) is 12.3 Å². The van der Waals surface area contributed by atoms with Crippen molar-refractivity contribution in [2.75, 3.05) is 0 Å². The van der Waals surface area contributed by atoms with E-state index in [1.807, 2.05) is 29.1 Å². The summed E-state index contributed by atoms with van der Waals surface area (Å²) in [6.45, 7) is 2.67. The number of aromatic nitrogens is 6. The zero-order valence-electron chi connectivity index (χ0n) is 11.3. The number of imidazole rings is 1. The summed E-state index contributed by atoms with van der Waals surface area (Å²) in [7, 11) is 0. The third-order valence-corrected chi connectivity index (χ3v) is 3.15. The van der Waals surface area contributed by atoms with Crippen molar-refractivity contribution in [3.8, 4) is 0 Å². The molecule has 0 aromatic carbocycles. The van der Waals surface area contributed by atoms with Crippen LogP contribution in [0.3, 0.4) is 0 Å². The molecule has 3 aromatic rings. The zero-order chi connectivity index (χ0) is 13.9. The summed E-state index contributed by atoms with van der Waals surface area (Å²) in [5.74, 6) is 0.686. The van der Waals surface area contributed by atoms with Crippen LogP contribution < -0.4 is 5.73 Å². The molecule has 0 bridgehead atoms. The van der Waals surface area contributed by atoms with Gasteiger partial charge in [-0.25, -0.2) is 14.6 Å². The lowest BCUT2D eigenvalue weighted by molar-refractivity contribution is 0.616. The van der Waals surface area contributed by atoms with Crippen molar-refractivity contribution >= 4 is 5.78 Å². The lowest BCUT2D eigenvalue weighted by Crippen LogP contribution is -2.10. The first-order valence-electron chi connectivity index (χ1n) is 6.70. The SMILES string of the molecule is CCCC(N)c1cn(Cc2cn3cccnc3n2)nn1. The first kappa shape index (κ1) is 12.7. The van der Waals surface area contributed by atoms with Crippen LogP contribution in [0, 0.1) is 0 Å². The fraction of sp³-hybridized carbons (Fsp3) is 0.385. The minimum Gasteiger partial charge on any atom is -0.323 e. The summed E-state index contributed by atoms with van der Waals surface area (Å²) in [5, 5.41) is 8.22. The Morgan fingerprint density at radius 1 is 1.35 bits per heavy atom. The minimum atomic E-state index is -0.0449. The highest BCUT2D eigenvalue weighted by atomic mass is 15.4. The Morgan fingerprint density at radius 3 is 3.05 bits per heavy atom. The number of nitrogens with two attached hydrogens (primary N) is 1. The maximum atomic E-state index is 6.03. The maximum absolute atomic E-state index is 6.03. The minimum absolute atomic E-state index is 0.0449. The van der Waals surface area contributed by atoms with Gasteiger partial charge in [-0.1, -0.05) is 18.6 Å². The van der Waals surface area contributed by atoms with E-state index >= 15 is 0 Å². The van der Waals surface area contributed by atoms with Gasteiger partial charge in [0.05, 0.1) is 30.2 Å². The molecule has 0 aliphatic heterocycles. The number of fused-ring (bicyclic) bond motifs is 1. The molecule has 0 amide bonds. The van der Waals surface area contributed by atoms with Crippen LogP contribution >= 0.6 is 0 Å². The van der Waals surface area contributed by atoms with Crippen LogP contribution in [0.4, 0.5) is 0 Å². The number of rotatable bonds is 5. The molecule has 0 aliphatic rings. The molecule has 3 rings (SSSR count). The predicted octanol–water partition coefficient (Wildman–Crippen LogP) is 1.17. The molecule has 7 heteroatoms. The van der Waals surface area contributed by atoms with Crippen molar-refractivity contribution in [3.05, 3.63) is 42.2 Å². The van der Waals surface area contributed by atoms with Gasteiger partial charge in [-0.2, -0.15) is 0 Å². The Balaban J connectivity index is 1.77. The van der Waals surface area contributed by atoms with E-state index in [2.05, 4.69) is 27.2 Å². The van der Waals surface area contributed by atoms with Crippen LogP contribution in [0.25, 0.3) is 5.78 Å². The average Bonchev–Trinajstić information content (AvgIpc) is 3.05. The Hall–Kier alpha value is -2.28. The van der Waals surface area contributed by atoms with Crippen molar-refractivity contribution in [1.29, 1.82) is 0 Å². The van der Waals surface area contributed by atoms with E-state index in [9.17, 15) is 0 Å². The summed E-state index contributed by atoms with van der Waals surface area (Å²) in [5.41, 5.74) is 7.75. The summed E-state index contributed by atoms with van der Waals surface area (Å²) in [4.78, 5) is 8.62. The molecule has 0 saturated carbocycles. The summed E-state index contributed by atoms with van der Waals surface area (Å²) in [6.07, 6.45) is 9.42. The van der Waals surface area contributed by atoms with Crippen molar-refractivity contribution in [2.45, 2.75) is 32.4 Å². The predicted molar refractivity (Wildman–Crippen MR) is 73.9 cm³/mol. The zero-order valence-corrected chi connectivity index (χ0v) is 11.3. The molecule has 3 aromatic heterocycles. The summed E-state index contributed by atoms with van der Waals surface area (Å²) in [6, 6.07) is 1.83. The molecule has 0 spiro atoms. The first-order chi connectivity index (χ1) is 9.76. The first-order valence-corrected chi connectivity index (χ1v) is 6.70. The fourth-order valence-electron chi connectivity index (χ4n) is 2.14. The fourth-order valence-corrected chi connectivity index (χ4v) is 2.14. The quantitative estimate of drug-likeness (QED) is 0.752. The molecule has 0 saturated heterocycles. The van der Waals surface area contributed by atoms with E-state index < -0.39 is 0 Å². The number of hydrogen-bond acceptors (Lipinski definition) is 5. The van der Waals surface area contributed by atoms with Gasteiger partial charge in [0.25, 0.3) is 0 Å². The largest absolute Gasteiger partial charge is 0.323 e. The van der Waals surface area contributed by atoms with Crippen molar-refractivity contribution in [2.24, 2.45) is 5.73 Å². The smallest absolute Gasteiger partial charge is 0.233 e. The van der Waals surface area contributed by atoms with Crippen LogP contribution in [-0.2, 0) is 6.54 Å². The van der Waals surface area contributed by atoms with Crippen LogP contribution in [0.2, 0.25) is 0 Å². The van der Waals surface area contributed by atoms with Gasteiger partial charge in [0.1, 0.15) is 0 Å². The van der Waals surface area contributed by atoms with Gasteiger partial charge in [-0.15, -0.1) is 5.10 Å². The molecule has 104 valence electrons. The van der Waals surface area contributed by atoms with Crippen LogP contribution in [-0.4, -0.2) is 29.4 Å². The second kappa shape index (κ2) is 5.38. The molecule has 0 fully saturated rings. The number of nitrogens with zero attached hydrogens (tertiary/aromatic N) is 6. The highest BCUT2D eigenvalue weighted by Gasteiger charge is 2.10. The van der Waals surface area contributed by atoms with Crippen molar-refractivity contribution < 1.29 is 0 Å². The second-order valence-electron chi connectivity index (χ2n) is 4.80. The van der Waals surface area contributed by atoms with Crippen molar-refractivity contribution in [3.63, 3.8) is 0 Å². The highest BCUT2D eigenvalue weighted by molar-refractivity contribution is 5.29. The maximum Gasteiger partial charge on any atom is 0.233 e. The molecular formula is C13H17N7. The molecular weight excluding hydrogens is 254 g/mol. The van der Waals surface area contributed by atoms with E-state index in [4.69, 9.17) is 5.73 Å². The van der Waals surface area contributed by atoms with E-state index in [0.717, 1.165) is 24.2 Å². The molecule has 1 unspecified atom stereocenters. The standard InChI is InChI=1S/C13H17N7/c1-2-4-11(14)12-9-20(18-17-12)8-10-7-19-6-3-5-15-13(19)16-10/h3,5-7,9,11H,2,4,8,14H2,1H3. The molecule has 2 N–H and O–H groups in total. The topological polar surface area (TPSA) is 86.9 Å². The summed E-state index contributed by atoms with van der Waals surface area (Å²) >= 11 is 0. The van der Waals surface area contributed by atoms with Gasteiger partial charge < -0.3 is 5.73 Å². The van der Waals surface area contributed by atoms with E-state index in [1.165, 1.54) is 0 Å². The van der Waals surface area contributed by atoms with Crippen LogP contribution in [0.15, 0.2) is 30.9 Å². The molecule has 1 atom stereocenters. The van der Waals surface area contributed by atoms with Gasteiger partial charge >= 0.3 is 0 Å². The second-order valence-corrected chi connectivity index (χ2v) is 4.80. The molecule has 0 aliphatic carbocycles. The van der Waals surface area contributed by atoms with Gasteiger partial charge in [0.2, 0.25) is 5.78 Å². The van der Waals surface area contributed by atoms with E-state index in [1.54, 1.807) is 10.9 Å². The van der Waals surface area contributed by atoms with Crippen LogP contribution in [0.5, 0.6) is 0 Å². The lowest BCUT2D eigenvalue weighted by Gasteiger charge is -2.04. The van der Waals surface area contributed by atoms with E-state index in [-0.39, 0.29) is 6.04 Å². The number of hydrogen-bond donors (Lipinski definition) is 1. The third kappa shape index (κ3) is 2.53. The Bertz CT molecular complexity index is 666. The van der Waals surface area contributed by atoms with Crippen molar-refractivity contribution in [1.82, 2.24) is 29.4 Å². The molecule has 20 heavy (non-hydrogen) atoms.